The third kappa shape index (κ3) is 7.52. The van der Waals surface area contributed by atoms with Gasteiger partial charge in [0.15, 0.2) is 5.75 Å². The number of hydrogen-bond acceptors (Lipinski definition) is 5. The molecule has 41 heavy (non-hydrogen) atoms. The van der Waals surface area contributed by atoms with Crippen LogP contribution in [0, 0.1) is 0 Å². The molecular formula is C29H28Cl3F3N2O4. The Hall–Kier alpha value is -2.85. The van der Waals surface area contributed by atoms with E-state index < -0.39 is 12.1 Å². The topological polar surface area (TPSA) is 54.7 Å². The monoisotopic (exact) mass is 630 g/mol. The molecule has 0 N–H and O–H groups in total. The van der Waals surface area contributed by atoms with Crippen molar-refractivity contribution in [3.05, 3.63) is 74.7 Å². The van der Waals surface area contributed by atoms with Crippen molar-refractivity contribution in [2.24, 2.45) is 0 Å². The van der Waals surface area contributed by atoms with Gasteiger partial charge in [-0.2, -0.15) is 4.98 Å². The lowest BCUT2D eigenvalue weighted by atomic mass is 9.93. The summed E-state index contributed by atoms with van der Waals surface area (Å²) in [6.45, 7) is 5.21. The number of alkyl halides is 3. The van der Waals surface area contributed by atoms with Crippen molar-refractivity contribution < 1.29 is 32.1 Å². The molecule has 0 aliphatic heterocycles. The van der Waals surface area contributed by atoms with E-state index in [9.17, 15) is 13.2 Å². The summed E-state index contributed by atoms with van der Waals surface area (Å²) in [7, 11) is 1.60. The standard InChI is InChI=1S/C29H28Cl3F3N2O4/c1-4-18(5-2)21-10-11-22(30)25-26(21)37(12-13-39-16-17-6-8-19(38-3)9-7-17)28(36-25)40-27-23(31)14-20(15-24(27)32)41-29(33,34)35/h6-11,14-15,18H,4-5,12-13,16H2,1-3H3. The number of imidazole rings is 1. The predicted molar refractivity (Wildman–Crippen MR) is 154 cm³/mol. The highest BCUT2D eigenvalue weighted by Gasteiger charge is 2.32. The van der Waals surface area contributed by atoms with Crippen molar-refractivity contribution >= 4 is 45.8 Å². The first-order valence-corrected chi connectivity index (χ1v) is 14.0. The Morgan fingerprint density at radius 1 is 0.902 bits per heavy atom. The number of halogens is 6. The fourth-order valence-corrected chi connectivity index (χ4v) is 5.28. The molecule has 0 atom stereocenters. The van der Waals surface area contributed by atoms with Gasteiger partial charge in [-0.05, 0) is 48.1 Å². The second-order valence-corrected chi connectivity index (χ2v) is 10.4. The van der Waals surface area contributed by atoms with Gasteiger partial charge in [-0.3, -0.25) is 4.57 Å². The highest BCUT2D eigenvalue weighted by molar-refractivity contribution is 6.37. The first-order valence-electron chi connectivity index (χ1n) is 12.9. The van der Waals surface area contributed by atoms with Crippen LogP contribution in [0.2, 0.25) is 15.1 Å². The number of hydrogen-bond donors (Lipinski definition) is 0. The molecule has 0 saturated carbocycles. The molecule has 3 aromatic carbocycles. The average Bonchev–Trinajstić information content (AvgIpc) is 3.29. The van der Waals surface area contributed by atoms with Gasteiger partial charge in [-0.1, -0.05) is 66.8 Å². The van der Waals surface area contributed by atoms with Gasteiger partial charge in [0.25, 0.3) is 0 Å². The van der Waals surface area contributed by atoms with E-state index in [4.69, 9.17) is 49.0 Å². The van der Waals surface area contributed by atoms with Crippen LogP contribution >= 0.6 is 34.8 Å². The normalized spacial score (nSPS) is 11.9. The van der Waals surface area contributed by atoms with Crippen LogP contribution in [0.3, 0.4) is 0 Å². The van der Waals surface area contributed by atoms with Crippen molar-refractivity contribution in [2.45, 2.75) is 52.1 Å². The van der Waals surface area contributed by atoms with Gasteiger partial charge in [0.1, 0.15) is 17.0 Å². The summed E-state index contributed by atoms with van der Waals surface area (Å²) in [6, 6.07) is 13.4. The molecule has 1 aromatic heterocycles. The van der Waals surface area contributed by atoms with Crippen molar-refractivity contribution in [3.63, 3.8) is 0 Å². The van der Waals surface area contributed by atoms with Crippen LogP contribution in [0.1, 0.15) is 43.7 Å². The molecule has 0 aliphatic rings. The third-order valence-corrected chi connectivity index (χ3v) is 7.42. The van der Waals surface area contributed by atoms with Crippen molar-refractivity contribution in [1.82, 2.24) is 9.55 Å². The second kappa shape index (κ2) is 13.4. The second-order valence-electron chi connectivity index (χ2n) is 9.16. The Labute approximate surface area is 250 Å². The number of fused-ring (bicyclic) bond motifs is 1. The van der Waals surface area contributed by atoms with Gasteiger partial charge >= 0.3 is 12.4 Å². The van der Waals surface area contributed by atoms with Crippen LogP contribution in [-0.4, -0.2) is 29.6 Å². The van der Waals surface area contributed by atoms with Gasteiger partial charge in [0.2, 0.25) is 0 Å². The summed E-state index contributed by atoms with van der Waals surface area (Å²) in [5.41, 5.74) is 3.31. The van der Waals surface area contributed by atoms with Crippen LogP contribution in [0.15, 0.2) is 48.5 Å². The van der Waals surface area contributed by atoms with E-state index in [2.05, 4.69) is 23.6 Å². The molecule has 4 rings (SSSR count). The van der Waals surface area contributed by atoms with Crippen LogP contribution in [0.5, 0.6) is 23.3 Å². The highest BCUT2D eigenvalue weighted by Crippen LogP contribution is 2.43. The van der Waals surface area contributed by atoms with Gasteiger partial charge in [-0.15, -0.1) is 13.2 Å². The number of ether oxygens (including phenoxy) is 4. The minimum absolute atomic E-state index is 0.0706. The summed E-state index contributed by atoms with van der Waals surface area (Å²) < 4.78 is 61.2. The molecule has 220 valence electrons. The zero-order chi connectivity index (χ0) is 29.7. The molecule has 1 heterocycles. The summed E-state index contributed by atoms with van der Waals surface area (Å²) in [5.74, 6) is 0.337. The molecule has 0 radical (unpaired) electrons. The molecule has 6 nitrogen and oxygen atoms in total. The first-order chi connectivity index (χ1) is 19.5. The van der Waals surface area contributed by atoms with Crippen LogP contribution < -0.4 is 14.2 Å². The van der Waals surface area contributed by atoms with E-state index in [1.54, 1.807) is 13.2 Å². The maximum atomic E-state index is 12.7. The van der Waals surface area contributed by atoms with Crippen molar-refractivity contribution in [3.8, 4) is 23.3 Å². The van der Waals surface area contributed by atoms with Gasteiger partial charge in [0, 0.05) is 12.1 Å². The van der Waals surface area contributed by atoms with Crippen LogP contribution in [0.4, 0.5) is 13.2 Å². The summed E-state index contributed by atoms with van der Waals surface area (Å²) >= 11 is 19.1. The number of nitrogens with zero attached hydrogens (tertiary/aromatic N) is 2. The molecule has 0 unspecified atom stereocenters. The Kier molecular flexibility index (Phi) is 10.2. The molecular weight excluding hydrogens is 604 g/mol. The first kappa shape index (κ1) is 31.1. The minimum atomic E-state index is -4.91. The fourth-order valence-electron chi connectivity index (χ4n) is 4.54. The molecule has 0 aliphatic carbocycles. The number of rotatable bonds is 12. The summed E-state index contributed by atoms with van der Waals surface area (Å²) in [6.07, 6.45) is -3.13. The molecule has 0 saturated heterocycles. The zero-order valence-corrected chi connectivity index (χ0v) is 24.8. The van der Waals surface area contributed by atoms with E-state index >= 15 is 0 Å². The van der Waals surface area contributed by atoms with Crippen molar-refractivity contribution in [2.75, 3.05) is 13.7 Å². The van der Waals surface area contributed by atoms with E-state index in [1.807, 2.05) is 34.9 Å². The lowest BCUT2D eigenvalue weighted by Crippen LogP contribution is -2.17. The Balaban J connectivity index is 1.69. The van der Waals surface area contributed by atoms with Gasteiger partial charge < -0.3 is 18.9 Å². The van der Waals surface area contributed by atoms with E-state index in [-0.39, 0.29) is 27.7 Å². The third-order valence-electron chi connectivity index (χ3n) is 6.55. The van der Waals surface area contributed by atoms with Crippen LogP contribution in [0.25, 0.3) is 11.0 Å². The van der Waals surface area contributed by atoms with E-state index in [0.717, 1.165) is 47.4 Å². The number of aromatic nitrogens is 2. The number of methoxy groups -OCH3 is 1. The van der Waals surface area contributed by atoms with E-state index in [1.165, 1.54) is 0 Å². The van der Waals surface area contributed by atoms with E-state index in [0.29, 0.717) is 30.3 Å². The maximum Gasteiger partial charge on any atom is 0.573 e. The zero-order valence-electron chi connectivity index (χ0n) is 22.5. The Morgan fingerprint density at radius 3 is 2.15 bits per heavy atom. The molecule has 0 bridgehead atoms. The molecule has 0 amide bonds. The average molecular weight is 632 g/mol. The summed E-state index contributed by atoms with van der Waals surface area (Å²) in [5, 5.41) is 0.0541. The lowest BCUT2D eigenvalue weighted by Gasteiger charge is -2.18. The number of benzene rings is 3. The summed E-state index contributed by atoms with van der Waals surface area (Å²) in [4.78, 5) is 4.65. The van der Waals surface area contributed by atoms with Crippen molar-refractivity contribution in [1.29, 1.82) is 0 Å². The van der Waals surface area contributed by atoms with Crippen LogP contribution in [-0.2, 0) is 17.9 Å². The molecule has 4 aromatic rings. The lowest BCUT2D eigenvalue weighted by molar-refractivity contribution is -0.274. The predicted octanol–water partition coefficient (Wildman–Crippen LogP) is 9.82. The van der Waals surface area contributed by atoms with Gasteiger partial charge in [-0.25, -0.2) is 0 Å². The highest BCUT2D eigenvalue weighted by atomic mass is 35.5. The molecule has 0 spiro atoms. The van der Waals surface area contributed by atoms with Gasteiger partial charge in [0.05, 0.1) is 47.5 Å². The quantitative estimate of drug-likeness (QED) is 0.146. The fraction of sp³-hybridized carbons (Fsp3) is 0.345. The largest absolute Gasteiger partial charge is 0.573 e. The molecule has 12 heteroatoms. The minimum Gasteiger partial charge on any atom is -0.497 e. The maximum absolute atomic E-state index is 12.7. The molecule has 0 fully saturated rings. The Morgan fingerprint density at radius 2 is 1.56 bits per heavy atom. The SMILES string of the molecule is CCC(CC)c1ccc(Cl)c2nc(Oc3c(Cl)cc(OC(F)(F)F)cc3Cl)n(CCOCc3ccc(OC)cc3)c12. The Bertz CT molecular complexity index is 1470. The smallest absolute Gasteiger partial charge is 0.497 e.